The van der Waals surface area contributed by atoms with Gasteiger partial charge in [0.1, 0.15) is 0 Å². The van der Waals surface area contributed by atoms with Gasteiger partial charge in [0.25, 0.3) is 0 Å². The Hall–Kier alpha value is -7.04. The van der Waals surface area contributed by atoms with E-state index in [1.54, 1.807) is 0 Å². The van der Waals surface area contributed by atoms with E-state index in [-0.39, 0.29) is 0 Å². The molecule has 0 N–H and O–H groups in total. The van der Waals surface area contributed by atoms with Crippen LogP contribution >= 0.6 is 0 Å². The van der Waals surface area contributed by atoms with Gasteiger partial charge in [-0.3, -0.25) is 4.57 Å². The molecule has 11 rings (SSSR count). The molecule has 0 aliphatic heterocycles. The van der Waals surface area contributed by atoms with E-state index in [9.17, 15) is 0 Å². The Morgan fingerprint density at radius 3 is 1.69 bits per heavy atom. The molecular weight excluding hydrogens is 633 g/mol. The molecule has 4 heteroatoms. The van der Waals surface area contributed by atoms with E-state index in [0.717, 1.165) is 50.0 Å². The zero-order valence-corrected chi connectivity index (χ0v) is 28.1. The summed E-state index contributed by atoms with van der Waals surface area (Å²) in [5.74, 6) is 0.661. The van der Waals surface area contributed by atoms with Gasteiger partial charge in [-0.05, 0) is 76.5 Å². The molecule has 242 valence electrons. The van der Waals surface area contributed by atoms with Crippen LogP contribution in [0.5, 0.6) is 0 Å². The first kappa shape index (κ1) is 28.8. The van der Waals surface area contributed by atoms with Crippen LogP contribution in [-0.4, -0.2) is 19.1 Å². The number of fused-ring (bicyclic) bond motifs is 8. The second kappa shape index (κ2) is 11.2. The number of para-hydroxylation sites is 3. The lowest BCUT2D eigenvalue weighted by molar-refractivity contribution is 1.01. The SMILES string of the molecule is c1ccc(-c2nc(-n3c4ccccc4c4cc5ccccc5cc43)nc3ccc(-c4ccc5c6ccccc6n(-c6ccccc6)c5c4)cc23)cc1. The summed E-state index contributed by atoms with van der Waals surface area (Å²) in [6.07, 6.45) is 0. The van der Waals surface area contributed by atoms with Gasteiger partial charge in [0, 0.05) is 38.2 Å². The van der Waals surface area contributed by atoms with Crippen LogP contribution in [0.1, 0.15) is 0 Å². The third kappa shape index (κ3) is 4.34. The summed E-state index contributed by atoms with van der Waals surface area (Å²) >= 11 is 0. The number of hydrogen-bond donors (Lipinski definition) is 0. The molecule has 52 heavy (non-hydrogen) atoms. The zero-order valence-electron chi connectivity index (χ0n) is 28.1. The van der Waals surface area contributed by atoms with Crippen molar-refractivity contribution in [2.45, 2.75) is 0 Å². The number of nitrogens with zero attached hydrogens (tertiary/aromatic N) is 4. The van der Waals surface area contributed by atoms with E-state index in [0.29, 0.717) is 5.95 Å². The molecule has 0 spiro atoms. The van der Waals surface area contributed by atoms with Crippen molar-refractivity contribution in [2.75, 3.05) is 0 Å². The standard InChI is InChI=1S/C48H30N4/c1-3-13-31(14-4-1)47-41-28-34(35-23-25-39-37-19-9-11-21-43(37)51(45(39)30-35)36-17-5-2-6-18-36)24-26-42(41)49-48(50-47)52-44-22-12-10-20-38(44)40-27-32-15-7-8-16-33(32)29-46(40)52/h1-30H. The Morgan fingerprint density at radius 1 is 0.327 bits per heavy atom. The van der Waals surface area contributed by atoms with Crippen molar-refractivity contribution in [3.63, 3.8) is 0 Å². The lowest BCUT2D eigenvalue weighted by Gasteiger charge is -2.13. The first-order chi connectivity index (χ1) is 25.8. The molecule has 0 amide bonds. The van der Waals surface area contributed by atoms with Crippen LogP contribution in [0, 0.1) is 0 Å². The first-order valence-electron chi connectivity index (χ1n) is 17.7. The Balaban J connectivity index is 1.15. The van der Waals surface area contributed by atoms with Crippen LogP contribution in [0.15, 0.2) is 182 Å². The van der Waals surface area contributed by atoms with Gasteiger partial charge in [0.15, 0.2) is 0 Å². The molecule has 0 aliphatic carbocycles. The summed E-state index contributed by atoms with van der Waals surface area (Å²) in [6, 6.07) is 64.9. The number of benzene rings is 8. The Morgan fingerprint density at radius 2 is 0.904 bits per heavy atom. The molecule has 3 aromatic heterocycles. The van der Waals surface area contributed by atoms with E-state index in [2.05, 4.69) is 191 Å². The van der Waals surface area contributed by atoms with Crippen LogP contribution in [0.4, 0.5) is 0 Å². The van der Waals surface area contributed by atoms with E-state index in [1.807, 2.05) is 0 Å². The number of rotatable bonds is 4. The molecule has 0 saturated heterocycles. The molecule has 0 aliphatic rings. The highest BCUT2D eigenvalue weighted by molar-refractivity contribution is 6.14. The van der Waals surface area contributed by atoms with Crippen LogP contribution in [0.2, 0.25) is 0 Å². The fraction of sp³-hybridized carbons (Fsp3) is 0. The smallest absolute Gasteiger partial charge is 0.235 e. The second-order valence-electron chi connectivity index (χ2n) is 13.5. The van der Waals surface area contributed by atoms with Crippen LogP contribution in [0.25, 0.3) is 99.3 Å². The molecule has 0 radical (unpaired) electrons. The Bertz CT molecular complexity index is 3170. The summed E-state index contributed by atoms with van der Waals surface area (Å²) in [4.78, 5) is 10.7. The monoisotopic (exact) mass is 662 g/mol. The van der Waals surface area contributed by atoms with Gasteiger partial charge in [-0.2, -0.15) is 0 Å². The lowest BCUT2D eigenvalue weighted by Crippen LogP contribution is -2.03. The molecule has 11 aromatic rings. The average Bonchev–Trinajstić information content (AvgIpc) is 3.72. The van der Waals surface area contributed by atoms with Crippen molar-refractivity contribution in [3.8, 4) is 34.0 Å². The van der Waals surface area contributed by atoms with Crippen molar-refractivity contribution >= 4 is 65.3 Å². The highest BCUT2D eigenvalue weighted by Gasteiger charge is 2.19. The summed E-state index contributed by atoms with van der Waals surface area (Å²) in [5, 5.41) is 8.29. The van der Waals surface area contributed by atoms with E-state index in [1.165, 1.54) is 43.4 Å². The second-order valence-corrected chi connectivity index (χ2v) is 13.5. The highest BCUT2D eigenvalue weighted by Crippen LogP contribution is 2.38. The van der Waals surface area contributed by atoms with Crippen molar-refractivity contribution in [2.24, 2.45) is 0 Å². The fourth-order valence-electron chi connectivity index (χ4n) is 8.09. The number of hydrogen-bond acceptors (Lipinski definition) is 2. The largest absolute Gasteiger partial charge is 0.309 e. The quantitative estimate of drug-likeness (QED) is 0.188. The van der Waals surface area contributed by atoms with Gasteiger partial charge in [-0.15, -0.1) is 0 Å². The minimum absolute atomic E-state index is 0.661. The maximum atomic E-state index is 5.41. The maximum Gasteiger partial charge on any atom is 0.235 e. The molecule has 0 fully saturated rings. The van der Waals surface area contributed by atoms with Crippen molar-refractivity contribution in [1.29, 1.82) is 0 Å². The number of aromatic nitrogens is 4. The normalized spacial score (nSPS) is 11.8. The fourth-order valence-corrected chi connectivity index (χ4v) is 8.09. The highest BCUT2D eigenvalue weighted by atomic mass is 15.2. The van der Waals surface area contributed by atoms with Crippen LogP contribution in [-0.2, 0) is 0 Å². The molecule has 3 heterocycles. The summed E-state index contributed by atoms with van der Waals surface area (Å²) in [7, 11) is 0. The van der Waals surface area contributed by atoms with Gasteiger partial charge < -0.3 is 4.57 Å². The molecular formula is C48H30N4. The molecule has 0 atom stereocenters. The molecule has 0 bridgehead atoms. The van der Waals surface area contributed by atoms with Crippen LogP contribution in [0.3, 0.4) is 0 Å². The molecule has 0 saturated carbocycles. The topological polar surface area (TPSA) is 35.6 Å². The zero-order chi connectivity index (χ0) is 34.2. The third-order valence-corrected chi connectivity index (χ3v) is 10.5. The molecule has 4 nitrogen and oxygen atoms in total. The third-order valence-electron chi connectivity index (χ3n) is 10.5. The maximum absolute atomic E-state index is 5.41. The molecule has 0 unspecified atom stereocenters. The Kier molecular flexibility index (Phi) is 6.22. The van der Waals surface area contributed by atoms with Crippen molar-refractivity contribution < 1.29 is 0 Å². The predicted octanol–water partition coefficient (Wildman–Crippen LogP) is 12.3. The van der Waals surface area contributed by atoms with Gasteiger partial charge in [-0.1, -0.05) is 127 Å². The summed E-state index contributed by atoms with van der Waals surface area (Å²) in [6.45, 7) is 0. The Labute approximate surface area is 299 Å². The van der Waals surface area contributed by atoms with Crippen LogP contribution < -0.4 is 0 Å². The summed E-state index contributed by atoms with van der Waals surface area (Å²) < 4.78 is 4.60. The van der Waals surface area contributed by atoms with Gasteiger partial charge in [0.2, 0.25) is 5.95 Å². The van der Waals surface area contributed by atoms with E-state index < -0.39 is 0 Å². The van der Waals surface area contributed by atoms with Gasteiger partial charge in [0.05, 0.1) is 33.3 Å². The minimum atomic E-state index is 0.661. The van der Waals surface area contributed by atoms with Crippen molar-refractivity contribution in [1.82, 2.24) is 19.1 Å². The summed E-state index contributed by atoms with van der Waals surface area (Å²) in [5.41, 5.74) is 10.8. The first-order valence-corrected chi connectivity index (χ1v) is 17.7. The van der Waals surface area contributed by atoms with E-state index in [4.69, 9.17) is 9.97 Å². The van der Waals surface area contributed by atoms with Crippen molar-refractivity contribution in [3.05, 3.63) is 182 Å². The molecule has 8 aromatic carbocycles. The predicted molar refractivity (Wildman–Crippen MR) is 217 cm³/mol. The minimum Gasteiger partial charge on any atom is -0.309 e. The van der Waals surface area contributed by atoms with Gasteiger partial charge >= 0.3 is 0 Å². The lowest BCUT2D eigenvalue weighted by atomic mass is 9.99. The van der Waals surface area contributed by atoms with Gasteiger partial charge in [-0.25, -0.2) is 9.97 Å². The van der Waals surface area contributed by atoms with E-state index >= 15 is 0 Å². The average molecular weight is 663 g/mol.